The quantitative estimate of drug-likeness (QED) is 0.768. The minimum Gasteiger partial charge on any atom is -0.384 e. The Labute approximate surface area is 117 Å². The molecule has 112 valence electrons. The number of nitrogens with two attached hydrogens (primary N) is 1. The Morgan fingerprint density at radius 2 is 2.00 bits per heavy atom. The Hall–Kier alpha value is -0.610. The van der Waals surface area contributed by atoms with Crippen LogP contribution in [0.25, 0.3) is 0 Å². The molecule has 1 aliphatic rings. The number of rotatable bonds is 7. The molecule has 0 aromatic rings. The van der Waals surface area contributed by atoms with Crippen LogP contribution in [0.1, 0.15) is 39.5 Å². The lowest BCUT2D eigenvalue weighted by Gasteiger charge is -2.32. The second kappa shape index (κ2) is 8.54. The van der Waals surface area contributed by atoms with Gasteiger partial charge in [-0.15, -0.1) is 0 Å². The number of piperidine rings is 1. The van der Waals surface area contributed by atoms with Gasteiger partial charge in [-0.05, 0) is 43.6 Å². The first-order valence-electron chi connectivity index (χ1n) is 7.53. The predicted octanol–water partition coefficient (Wildman–Crippen LogP) is 1.88. The average Bonchev–Trinajstić information content (AvgIpc) is 2.38. The highest BCUT2D eigenvalue weighted by Gasteiger charge is 2.24. The van der Waals surface area contributed by atoms with E-state index < -0.39 is 0 Å². The summed E-state index contributed by atoms with van der Waals surface area (Å²) in [6, 6.07) is 0. The van der Waals surface area contributed by atoms with E-state index in [4.69, 9.17) is 10.5 Å². The molecule has 0 bridgehead atoms. The molecule has 1 rings (SSSR count). The van der Waals surface area contributed by atoms with Gasteiger partial charge in [0.25, 0.3) is 0 Å². The molecule has 1 amide bonds. The van der Waals surface area contributed by atoms with Crippen molar-refractivity contribution >= 4 is 5.91 Å². The van der Waals surface area contributed by atoms with Gasteiger partial charge < -0.3 is 15.4 Å². The molecule has 0 radical (unpaired) electrons. The lowest BCUT2D eigenvalue weighted by molar-refractivity contribution is -0.133. The molecule has 0 aliphatic carbocycles. The third kappa shape index (κ3) is 5.91. The zero-order chi connectivity index (χ0) is 14.3. The molecule has 0 saturated carbocycles. The first kappa shape index (κ1) is 16.4. The standard InChI is InChI=1S/C15H30N2O2/c1-12(2)8-14(10-16)9-15(18)17-6-4-13(5-7-17)11-19-3/h12-14H,4-11,16H2,1-3H3/t14-/m0/s1. The first-order valence-corrected chi connectivity index (χ1v) is 7.53. The number of methoxy groups -OCH3 is 1. The highest BCUT2D eigenvalue weighted by molar-refractivity contribution is 5.76. The van der Waals surface area contributed by atoms with E-state index in [1.807, 2.05) is 4.90 Å². The van der Waals surface area contributed by atoms with Gasteiger partial charge in [0.05, 0.1) is 0 Å². The molecule has 0 unspecified atom stereocenters. The Bertz CT molecular complexity index is 261. The summed E-state index contributed by atoms with van der Waals surface area (Å²) in [4.78, 5) is 14.3. The summed E-state index contributed by atoms with van der Waals surface area (Å²) < 4.78 is 5.18. The molecule has 4 heteroatoms. The maximum Gasteiger partial charge on any atom is 0.222 e. The minimum atomic E-state index is 0.284. The number of carbonyl (C=O) groups excluding carboxylic acids is 1. The van der Waals surface area contributed by atoms with Crippen molar-refractivity contribution in [3.05, 3.63) is 0 Å². The van der Waals surface area contributed by atoms with Gasteiger partial charge in [0.2, 0.25) is 5.91 Å². The number of hydrogen-bond acceptors (Lipinski definition) is 3. The molecule has 0 spiro atoms. The smallest absolute Gasteiger partial charge is 0.222 e. The fraction of sp³-hybridized carbons (Fsp3) is 0.933. The van der Waals surface area contributed by atoms with Crippen molar-refractivity contribution in [2.24, 2.45) is 23.5 Å². The molecule has 1 fully saturated rings. The van der Waals surface area contributed by atoms with Crippen LogP contribution in [-0.4, -0.2) is 44.2 Å². The average molecular weight is 270 g/mol. The molecular weight excluding hydrogens is 240 g/mol. The second-order valence-corrected chi connectivity index (χ2v) is 6.21. The van der Waals surface area contributed by atoms with Crippen molar-refractivity contribution in [3.8, 4) is 0 Å². The number of amides is 1. The highest BCUT2D eigenvalue weighted by atomic mass is 16.5. The monoisotopic (exact) mass is 270 g/mol. The molecular formula is C15H30N2O2. The van der Waals surface area contributed by atoms with E-state index in [1.165, 1.54) is 0 Å². The minimum absolute atomic E-state index is 0.284. The van der Waals surface area contributed by atoms with Crippen molar-refractivity contribution in [2.75, 3.05) is 33.4 Å². The van der Waals surface area contributed by atoms with Crippen LogP contribution in [0.2, 0.25) is 0 Å². The van der Waals surface area contributed by atoms with Gasteiger partial charge in [-0.1, -0.05) is 13.8 Å². The Morgan fingerprint density at radius 3 is 2.47 bits per heavy atom. The van der Waals surface area contributed by atoms with Crippen LogP contribution in [0.3, 0.4) is 0 Å². The number of nitrogens with zero attached hydrogens (tertiary/aromatic N) is 1. The molecule has 2 N–H and O–H groups in total. The lowest BCUT2D eigenvalue weighted by atomic mass is 9.92. The lowest BCUT2D eigenvalue weighted by Crippen LogP contribution is -2.40. The van der Waals surface area contributed by atoms with E-state index in [2.05, 4.69) is 13.8 Å². The third-order valence-electron chi connectivity index (χ3n) is 3.97. The van der Waals surface area contributed by atoms with E-state index in [-0.39, 0.29) is 5.91 Å². The van der Waals surface area contributed by atoms with Gasteiger partial charge in [-0.3, -0.25) is 4.79 Å². The number of hydrogen-bond donors (Lipinski definition) is 1. The van der Waals surface area contributed by atoms with Gasteiger partial charge in [0, 0.05) is 33.2 Å². The Kier molecular flexibility index (Phi) is 7.39. The van der Waals surface area contributed by atoms with E-state index >= 15 is 0 Å². The molecule has 0 aromatic carbocycles. The van der Waals surface area contributed by atoms with Crippen molar-refractivity contribution < 1.29 is 9.53 Å². The topological polar surface area (TPSA) is 55.6 Å². The molecule has 19 heavy (non-hydrogen) atoms. The highest BCUT2D eigenvalue weighted by Crippen LogP contribution is 2.20. The summed E-state index contributed by atoms with van der Waals surface area (Å²) in [7, 11) is 1.75. The van der Waals surface area contributed by atoms with Gasteiger partial charge in [0.1, 0.15) is 0 Å². The third-order valence-corrected chi connectivity index (χ3v) is 3.97. The molecule has 0 aromatic heterocycles. The molecule has 4 nitrogen and oxygen atoms in total. The van der Waals surface area contributed by atoms with E-state index in [9.17, 15) is 4.79 Å². The summed E-state index contributed by atoms with van der Waals surface area (Å²) in [6.07, 6.45) is 3.79. The SMILES string of the molecule is COCC1CCN(C(=O)C[C@@H](CN)CC(C)C)CC1. The van der Waals surface area contributed by atoms with Gasteiger partial charge in [-0.25, -0.2) is 0 Å². The predicted molar refractivity (Wildman–Crippen MR) is 77.8 cm³/mol. The zero-order valence-electron chi connectivity index (χ0n) is 12.7. The van der Waals surface area contributed by atoms with Gasteiger partial charge in [-0.2, -0.15) is 0 Å². The first-order chi connectivity index (χ1) is 9.06. The van der Waals surface area contributed by atoms with E-state index in [1.54, 1.807) is 7.11 Å². The zero-order valence-corrected chi connectivity index (χ0v) is 12.7. The largest absolute Gasteiger partial charge is 0.384 e. The van der Waals surface area contributed by atoms with Crippen LogP contribution in [0.4, 0.5) is 0 Å². The van der Waals surface area contributed by atoms with Crippen molar-refractivity contribution in [2.45, 2.75) is 39.5 Å². The van der Waals surface area contributed by atoms with Crippen LogP contribution in [0, 0.1) is 17.8 Å². The summed E-state index contributed by atoms with van der Waals surface area (Å²) >= 11 is 0. The van der Waals surface area contributed by atoms with E-state index in [0.29, 0.717) is 30.7 Å². The van der Waals surface area contributed by atoms with Gasteiger partial charge >= 0.3 is 0 Å². The second-order valence-electron chi connectivity index (χ2n) is 6.21. The van der Waals surface area contributed by atoms with Crippen LogP contribution in [0.15, 0.2) is 0 Å². The molecule has 1 atom stereocenters. The van der Waals surface area contributed by atoms with E-state index in [0.717, 1.165) is 39.0 Å². The maximum atomic E-state index is 12.3. The van der Waals surface area contributed by atoms with Crippen LogP contribution in [-0.2, 0) is 9.53 Å². The summed E-state index contributed by atoms with van der Waals surface area (Å²) in [5.41, 5.74) is 5.77. The Balaban J connectivity index is 2.33. The van der Waals surface area contributed by atoms with Crippen LogP contribution in [0.5, 0.6) is 0 Å². The fourth-order valence-corrected chi connectivity index (χ4v) is 2.89. The van der Waals surface area contributed by atoms with Crippen LogP contribution < -0.4 is 5.73 Å². The summed E-state index contributed by atoms with van der Waals surface area (Å²) in [5.74, 6) is 1.85. The Morgan fingerprint density at radius 1 is 1.37 bits per heavy atom. The maximum absolute atomic E-state index is 12.3. The molecule has 1 saturated heterocycles. The summed E-state index contributed by atoms with van der Waals surface area (Å²) in [5, 5.41) is 0. The van der Waals surface area contributed by atoms with Crippen molar-refractivity contribution in [1.82, 2.24) is 4.90 Å². The van der Waals surface area contributed by atoms with Crippen molar-refractivity contribution in [3.63, 3.8) is 0 Å². The van der Waals surface area contributed by atoms with Gasteiger partial charge in [0.15, 0.2) is 0 Å². The normalized spacial score (nSPS) is 18.9. The number of likely N-dealkylation sites (tertiary alicyclic amines) is 1. The van der Waals surface area contributed by atoms with Crippen LogP contribution >= 0.6 is 0 Å². The molecule has 1 heterocycles. The number of ether oxygens (including phenoxy) is 1. The number of carbonyl (C=O) groups is 1. The summed E-state index contributed by atoms with van der Waals surface area (Å²) in [6.45, 7) is 7.56. The molecule has 1 aliphatic heterocycles. The fourth-order valence-electron chi connectivity index (χ4n) is 2.89. The van der Waals surface area contributed by atoms with Crippen molar-refractivity contribution in [1.29, 1.82) is 0 Å².